The predicted molar refractivity (Wildman–Crippen MR) is 58.7 cm³/mol. The van der Waals surface area contributed by atoms with Crippen molar-refractivity contribution in [3.63, 3.8) is 0 Å². The summed E-state index contributed by atoms with van der Waals surface area (Å²) in [6.45, 7) is 1.62. The quantitative estimate of drug-likeness (QED) is 0.319. The highest BCUT2D eigenvalue weighted by molar-refractivity contribution is 6.13. The Morgan fingerprint density at radius 1 is 1.12 bits per heavy atom. The Balaban J connectivity index is 2.52. The van der Waals surface area contributed by atoms with Crippen molar-refractivity contribution >= 4 is 11.9 Å². The van der Waals surface area contributed by atoms with Gasteiger partial charge >= 0.3 is 11.9 Å². The van der Waals surface area contributed by atoms with Crippen molar-refractivity contribution in [2.75, 3.05) is 7.11 Å². The van der Waals surface area contributed by atoms with E-state index in [2.05, 4.69) is 4.74 Å². The normalized spacial score (nSPS) is 18.0. The molecule has 1 fully saturated rings. The zero-order valence-electron chi connectivity index (χ0n) is 9.82. The van der Waals surface area contributed by atoms with Gasteiger partial charge < -0.3 is 9.47 Å². The molecular formula is C12H18O4. The zero-order valence-corrected chi connectivity index (χ0v) is 9.82. The number of esters is 2. The van der Waals surface area contributed by atoms with E-state index in [0.29, 0.717) is 0 Å². The smallest absolute Gasteiger partial charge is 0.345 e. The molecule has 4 nitrogen and oxygen atoms in total. The molecule has 0 heterocycles. The van der Waals surface area contributed by atoms with Crippen molar-refractivity contribution < 1.29 is 19.1 Å². The fourth-order valence-corrected chi connectivity index (χ4v) is 1.83. The number of ether oxygens (including phenoxy) is 2. The van der Waals surface area contributed by atoms with Crippen LogP contribution in [0.15, 0.2) is 11.6 Å². The van der Waals surface area contributed by atoms with E-state index in [1.165, 1.54) is 19.6 Å². The van der Waals surface area contributed by atoms with Gasteiger partial charge in [-0.25, -0.2) is 9.59 Å². The van der Waals surface area contributed by atoms with Gasteiger partial charge in [-0.2, -0.15) is 0 Å². The maximum atomic E-state index is 11.7. The number of hydrogen-bond acceptors (Lipinski definition) is 4. The molecule has 0 radical (unpaired) electrons. The summed E-state index contributed by atoms with van der Waals surface area (Å²) >= 11 is 0. The van der Waals surface area contributed by atoms with E-state index in [9.17, 15) is 9.59 Å². The monoisotopic (exact) mass is 226 g/mol. The number of hydrogen-bond donors (Lipinski definition) is 0. The van der Waals surface area contributed by atoms with Crippen LogP contribution in [-0.4, -0.2) is 25.2 Å². The summed E-state index contributed by atoms with van der Waals surface area (Å²) in [5, 5.41) is 0. The molecule has 90 valence electrons. The lowest BCUT2D eigenvalue weighted by molar-refractivity contribution is -0.150. The van der Waals surface area contributed by atoms with Gasteiger partial charge in [0.05, 0.1) is 7.11 Å². The van der Waals surface area contributed by atoms with E-state index in [4.69, 9.17) is 4.74 Å². The lowest BCUT2D eigenvalue weighted by Crippen LogP contribution is -2.25. The summed E-state index contributed by atoms with van der Waals surface area (Å²) in [6, 6.07) is 0. The summed E-state index contributed by atoms with van der Waals surface area (Å²) in [7, 11) is 1.25. The van der Waals surface area contributed by atoms with Gasteiger partial charge in [-0.05, 0) is 32.6 Å². The molecule has 0 unspecified atom stereocenters. The molecule has 0 atom stereocenters. The van der Waals surface area contributed by atoms with Crippen LogP contribution >= 0.6 is 0 Å². The second-order valence-electron chi connectivity index (χ2n) is 3.86. The number of rotatable bonds is 3. The number of carbonyl (C=O) groups is 2. The SMILES string of the molecule is CC=C(C(=O)OC)C(=O)OC1CCCCC1. The van der Waals surface area contributed by atoms with Gasteiger partial charge in [0, 0.05) is 0 Å². The van der Waals surface area contributed by atoms with Gasteiger partial charge in [-0.1, -0.05) is 12.5 Å². The summed E-state index contributed by atoms with van der Waals surface area (Å²) in [5.74, 6) is -1.20. The molecule has 0 aromatic carbocycles. The predicted octanol–water partition coefficient (Wildman–Crippen LogP) is 1.98. The fraction of sp³-hybridized carbons (Fsp3) is 0.667. The first-order chi connectivity index (χ1) is 7.69. The molecule has 0 spiro atoms. The van der Waals surface area contributed by atoms with Crippen LogP contribution in [0.4, 0.5) is 0 Å². The molecule has 0 bridgehead atoms. The molecule has 0 saturated heterocycles. The molecular weight excluding hydrogens is 208 g/mol. The molecule has 0 amide bonds. The van der Waals surface area contributed by atoms with Gasteiger partial charge in [0.25, 0.3) is 0 Å². The van der Waals surface area contributed by atoms with Gasteiger partial charge in [0.15, 0.2) is 0 Å². The van der Waals surface area contributed by atoms with Crippen LogP contribution < -0.4 is 0 Å². The fourth-order valence-electron chi connectivity index (χ4n) is 1.83. The van der Waals surface area contributed by atoms with Gasteiger partial charge in [0.2, 0.25) is 0 Å². The molecule has 1 saturated carbocycles. The maximum absolute atomic E-state index is 11.7. The van der Waals surface area contributed by atoms with Gasteiger partial charge in [0.1, 0.15) is 11.7 Å². The highest BCUT2D eigenvalue weighted by Gasteiger charge is 2.24. The topological polar surface area (TPSA) is 52.6 Å². The van der Waals surface area contributed by atoms with E-state index in [1.807, 2.05) is 0 Å². The minimum Gasteiger partial charge on any atom is -0.465 e. The average Bonchev–Trinajstić information content (AvgIpc) is 2.31. The summed E-state index contributed by atoms with van der Waals surface area (Å²) in [4.78, 5) is 22.9. The van der Waals surface area contributed by atoms with E-state index >= 15 is 0 Å². The Hall–Kier alpha value is -1.32. The van der Waals surface area contributed by atoms with Crippen LogP contribution in [0, 0.1) is 0 Å². The first kappa shape index (κ1) is 12.7. The summed E-state index contributed by atoms with van der Waals surface area (Å²) < 4.78 is 9.76. The average molecular weight is 226 g/mol. The van der Waals surface area contributed by atoms with E-state index < -0.39 is 11.9 Å². The number of allylic oxidation sites excluding steroid dienone is 1. The minimum atomic E-state index is -0.636. The molecule has 4 heteroatoms. The van der Waals surface area contributed by atoms with Crippen molar-refractivity contribution in [2.24, 2.45) is 0 Å². The van der Waals surface area contributed by atoms with Crippen molar-refractivity contribution in [3.8, 4) is 0 Å². The third-order valence-electron chi connectivity index (χ3n) is 2.74. The zero-order chi connectivity index (χ0) is 12.0. The van der Waals surface area contributed by atoms with E-state index in [0.717, 1.165) is 25.7 Å². The Morgan fingerprint density at radius 3 is 2.25 bits per heavy atom. The molecule has 0 aliphatic heterocycles. The highest BCUT2D eigenvalue weighted by atomic mass is 16.6. The highest BCUT2D eigenvalue weighted by Crippen LogP contribution is 2.21. The first-order valence-corrected chi connectivity index (χ1v) is 5.64. The Bertz CT molecular complexity index is 287. The minimum absolute atomic E-state index is 0.0203. The second-order valence-corrected chi connectivity index (χ2v) is 3.86. The first-order valence-electron chi connectivity index (χ1n) is 5.64. The Labute approximate surface area is 95.6 Å². The van der Waals surface area contributed by atoms with Crippen LogP contribution in [0.25, 0.3) is 0 Å². The standard InChI is InChI=1S/C12H18O4/c1-3-10(11(13)15-2)12(14)16-9-7-5-4-6-8-9/h3,9H,4-8H2,1-2H3. The Morgan fingerprint density at radius 2 is 1.75 bits per heavy atom. The lowest BCUT2D eigenvalue weighted by atomic mass is 9.98. The van der Waals surface area contributed by atoms with Crippen LogP contribution in [0.1, 0.15) is 39.0 Å². The summed E-state index contributed by atoms with van der Waals surface area (Å²) in [5.41, 5.74) is -0.0203. The largest absolute Gasteiger partial charge is 0.465 e. The Kier molecular flexibility index (Phi) is 5.02. The molecule has 0 N–H and O–H groups in total. The molecule has 1 aliphatic carbocycles. The second kappa shape index (κ2) is 6.30. The third-order valence-corrected chi connectivity index (χ3v) is 2.74. The molecule has 1 rings (SSSR count). The maximum Gasteiger partial charge on any atom is 0.345 e. The van der Waals surface area contributed by atoms with Crippen molar-refractivity contribution in [1.82, 2.24) is 0 Å². The lowest BCUT2D eigenvalue weighted by Gasteiger charge is -2.21. The van der Waals surface area contributed by atoms with Crippen molar-refractivity contribution in [3.05, 3.63) is 11.6 Å². The van der Waals surface area contributed by atoms with Crippen LogP contribution in [-0.2, 0) is 19.1 Å². The van der Waals surface area contributed by atoms with Crippen molar-refractivity contribution in [1.29, 1.82) is 0 Å². The van der Waals surface area contributed by atoms with E-state index in [1.54, 1.807) is 6.92 Å². The van der Waals surface area contributed by atoms with Crippen LogP contribution in [0.5, 0.6) is 0 Å². The van der Waals surface area contributed by atoms with Crippen molar-refractivity contribution in [2.45, 2.75) is 45.1 Å². The third kappa shape index (κ3) is 3.36. The van der Waals surface area contributed by atoms with Crippen LogP contribution in [0.3, 0.4) is 0 Å². The van der Waals surface area contributed by atoms with Gasteiger partial charge in [-0.15, -0.1) is 0 Å². The molecule has 0 aromatic rings. The summed E-state index contributed by atoms with van der Waals surface area (Å²) in [6.07, 6.45) is 6.54. The molecule has 1 aliphatic rings. The van der Waals surface area contributed by atoms with Gasteiger partial charge in [-0.3, -0.25) is 0 Å². The number of carbonyl (C=O) groups excluding carboxylic acids is 2. The van der Waals surface area contributed by atoms with Crippen LogP contribution in [0.2, 0.25) is 0 Å². The number of methoxy groups -OCH3 is 1. The molecule has 16 heavy (non-hydrogen) atoms. The van der Waals surface area contributed by atoms with E-state index in [-0.39, 0.29) is 11.7 Å². The molecule has 0 aromatic heterocycles.